The Morgan fingerprint density at radius 2 is 2.20 bits per heavy atom. The van der Waals surface area contributed by atoms with Crippen LogP contribution in [0.4, 0.5) is 4.39 Å². The average Bonchev–Trinajstić information content (AvgIpc) is 2.93. The number of carbonyl (C=O) groups excluding carboxylic acids is 1. The fourth-order valence-corrected chi connectivity index (χ4v) is 1.72. The van der Waals surface area contributed by atoms with E-state index in [0.29, 0.717) is 18.4 Å². The Balaban J connectivity index is 2.54. The van der Waals surface area contributed by atoms with E-state index in [9.17, 15) is 14.3 Å². The Hall–Kier alpha value is -1.38. The van der Waals surface area contributed by atoms with E-state index in [-0.39, 0.29) is 10.8 Å². The third kappa shape index (κ3) is 1.62. The van der Waals surface area contributed by atoms with Gasteiger partial charge in [0.1, 0.15) is 17.1 Å². The molecular weight excluding hydrogens is 221 g/mol. The molecule has 0 spiro atoms. The largest absolute Gasteiger partial charge is 0.507 e. The molecule has 0 amide bonds. The molecule has 1 N–H and O–H groups in total. The van der Waals surface area contributed by atoms with Crippen LogP contribution in [0.15, 0.2) is 17.1 Å². The van der Waals surface area contributed by atoms with E-state index in [1.54, 1.807) is 0 Å². The number of rotatable bonds is 2. The predicted molar refractivity (Wildman–Crippen MR) is 52.1 cm³/mol. The molecule has 0 aliphatic heterocycles. The Morgan fingerprint density at radius 3 is 2.73 bits per heavy atom. The van der Waals surface area contributed by atoms with Crippen LogP contribution in [0.3, 0.4) is 0 Å². The first-order valence-electron chi connectivity index (χ1n) is 4.36. The molecule has 5 heteroatoms. The molecule has 2 rings (SSSR count). The topological polar surface area (TPSA) is 49.7 Å². The molecule has 0 aromatic heterocycles. The fraction of sp³-hybridized carbons (Fsp3) is 0.300. The van der Waals surface area contributed by atoms with Gasteiger partial charge in [0, 0.05) is 11.6 Å². The number of isocyanates is 1. The molecule has 1 aromatic rings. The van der Waals surface area contributed by atoms with E-state index < -0.39 is 11.4 Å². The van der Waals surface area contributed by atoms with Gasteiger partial charge in [0.25, 0.3) is 0 Å². The van der Waals surface area contributed by atoms with Crippen LogP contribution in [0.25, 0.3) is 0 Å². The zero-order valence-electron chi connectivity index (χ0n) is 7.63. The molecule has 15 heavy (non-hydrogen) atoms. The van der Waals surface area contributed by atoms with Crippen molar-refractivity contribution in [2.75, 3.05) is 0 Å². The molecule has 1 aromatic carbocycles. The van der Waals surface area contributed by atoms with E-state index in [4.69, 9.17) is 11.6 Å². The summed E-state index contributed by atoms with van der Waals surface area (Å²) in [5, 5.41) is 9.44. The predicted octanol–water partition coefficient (Wildman–Crippen LogP) is 2.51. The maximum atomic E-state index is 13.0. The van der Waals surface area contributed by atoms with Crippen LogP contribution in [0, 0.1) is 5.82 Å². The van der Waals surface area contributed by atoms with Crippen LogP contribution < -0.4 is 0 Å². The molecular formula is C10H7ClFNO2. The summed E-state index contributed by atoms with van der Waals surface area (Å²) in [5.41, 5.74) is -0.347. The monoisotopic (exact) mass is 227 g/mol. The molecule has 1 aliphatic carbocycles. The Morgan fingerprint density at radius 1 is 1.53 bits per heavy atom. The summed E-state index contributed by atoms with van der Waals surface area (Å²) in [6, 6.07) is 2.23. The standard InChI is InChI=1S/C10H7ClFNO2/c11-7-3-6(9(15)4-8(7)12)10(1-2-10)13-5-14/h3-4,15H,1-2H2. The van der Waals surface area contributed by atoms with Crippen molar-refractivity contribution in [2.24, 2.45) is 4.99 Å². The lowest BCUT2D eigenvalue weighted by Gasteiger charge is -2.11. The SMILES string of the molecule is O=C=NC1(c2cc(Cl)c(F)cc2O)CC1. The van der Waals surface area contributed by atoms with E-state index in [2.05, 4.69) is 4.99 Å². The van der Waals surface area contributed by atoms with Gasteiger partial charge in [-0.25, -0.2) is 9.18 Å². The van der Waals surface area contributed by atoms with Crippen molar-refractivity contribution in [2.45, 2.75) is 18.4 Å². The lowest BCUT2D eigenvalue weighted by Crippen LogP contribution is -2.03. The third-order valence-electron chi connectivity index (χ3n) is 2.52. The average molecular weight is 228 g/mol. The van der Waals surface area contributed by atoms with Gasteiger partial charge in [0.2, 0.25) is 6.08 Å². The molecule has 1 aliphatic rings. The highest BCUT2D eigenvalue weighted by molar-refractivity contribution is 6.30. The van der Waals surface area contributed by atoms with Crippen molar-refractivity contribution in [3.8, 4) is 5.75 Å². The van der Waals surface area contributed by atoms with Gasteiger partial charge in [0.05, 0.1) is 5.02 Å². The first kappa shape index (κ1) is 10.1. The van der Waals surface area contributed by atoms with Crippen LogP contribution in [0.5, 0.6) is 5.75 Å². The highest BCUT2D eigenvalue weighted by Gasteiger charge is 2.47. The van der Waals surface area contributed by atoms with Gasteiger partial charge in [-0.3, -0.25) is 0 Å². The van der Waals surface area contributed by atoms with Gasteiger partial charge >= 0.3 is 0 Å². The second kappa shape index (κ2) is 3.33. The number of hydrogen-bond acceptors (Lipinski definition) is 3. The van der Waals surface area contributed by atoms with Gasteiger partial charge < -0.3 is 5.11 Å². The zero-order valence-corrected chi connectivity index (χ0v) is 8.38. The quantitative estimate of drug-likeness (QED) is 0.623. The van der Waals surface area contributed by atoms with Crippen molar-refractivity contribution in [3.63, 3.8) is 0 Å². The second-order valence-corrected chi connectivity index (χ2v) is 3.93. The lowest BCUT2D eigenvalue weighted by atomic mass is 10.0. The molecule has 1 saturated carbocycles. The van der Waals surface area contributed by atoms with Crippen molar-refractivity contribution < 1.29 is 14.3 Å². The first-order chi connectivity index (χ1) is 7.09. The first-order valence-corrected chi connectivity index (χ1v) is 4.74. The minimum atomic E-state index is -0.733. The summed E-state index contributed by atoms with van der Waals surface area (Å²) in [7, 11) is 0. The maximum Gasteiger partial charge on any atom is 0.235 e. The van der Waals surface area contributed by atoms with E-state index in [0.717, 1.165) is 6.07 Å². The highest BCUT2D eigenvalue weighted by Crippen LogP contribution is 2.52. The normalized spacial score (nSPS) is 16.9. The lowest BCUT2D eigenvalue weighted by molar-refractivity contribution is 0.453. The van der Waals surface area contributed by atoms with E-state index in [1.807, 2.05) is 0 Å². The van der Waals surface area contributed by atoms with Gasteiger partial charge in [-0.1, -0.05) is 11.6 Å². The molecule has 3 nitrogen and oxygen atoms in total. The Bertz CT molecular complexity index is 465. The molecule has 0 unspecified atom stereocenters. The van der Waals surface area contributed by atoms with Crippen molar-refractivity contribution in [1.29, 1.82) is 0 Å². The van der Waals surface area contributed by atoms with Gasteiger partial charge in [0.15, 0.2) is 0 Å². The number of benzene rings is 1. The molecule has 0 atom stereocenters. The smallest absolute Gasteiger partial charge is 0.235 e. The maximum absolute atomic E-state index is 13.0. The van der Waals surface area contributed by atoms with Gasteiger partial charge in [-0.15, -0.1) is 0 Å². The van der Waals surface area contributed by atoms with Crippen LogP contribution in [-0.4, -0.2) is 11.2 Å². The van der Waals surface area contributed by atoms with Crippen LogP contribution in [-0.2, 0) is 10.3 Å². The van der Waals surface area contributed by atoms with Crippen LogP contribution >= 0.6 is 11.6 Å². The fourth-order valence-electron chi connectivity index (χ4n) is 1.56. The van der Waals surface area contributed by atoms with Crippen LogP contribution in [0.1, 0.15) is 18.4 Å². The third-order valence-corrected chi connectivity index (χ3v) is 2.81. The van der Waals surface area contributed by atoms with Gasteiger partial charge in [-0.05, 0) is 18.9 Å². The van der Waals surface area contributed by atoms with Crippen molar-refractivity contribution in [1.82, 2.24) is 0 Å². The number of aromatic hydroxyl groups is 1. The molecule has 0 saturated heterocycles. The number of phenols is 1. The minimum absolute atomic E-state index is 0.0878. The number of halogens is 2. The summed E-state index contributed by atoms with van der Waals surface area (Å²) in [4.78, 5) is 13.8. The van der Waals surface area contributed by atoms with Gasteiger partial charge in [-0.2, -0.15) is 4.99 Å². The van der Waals surface area contributed by atoms with Crippen molar-refractivity contribution in [3.05, 3.63) is 28.5 Å². The summed E-state index contributed by atoms with van der Waals surface area (Å²) >= 11 is 5.59. The zero-order chi connectivity index (χ0) is 11.1. The molecule has 0 bridgehead atoms. The summed E-state index contributed by atoms with van der Waals surface area (Å²) in [6.45, 7) is 0. The summed E-state index contributed by atoms with van der Waals surface area (Å²) in [6.07, 6.45) is 2.73. The van der Waals surface area contributed by atoms with E-state index >= 15 is 0 Å². The second-order valence-electron chi connectivity index (χ2n) is 3.52. The number of phenolic OH excluding ortho intramolecular Hbond substituents is 1. The number of nitrogens with zero attached hydrogens (tertiary/aromatic N) is 1. The number of hydrogen-bond donors (Lipinski definition) is 1. The summed E-state index contributed by atoms with van der Waals surface area (Å²) in [5.74, 6) is -0.919. The Labute approximate surface area is 90.2 Å². The minimum Gasteiger partial charge on any atom is -0.507 e. The summed E-state index contributed by atoms with van der Waals surface area (Å²) < 4.78 is 13.0. The Kier molecular flexibility index (Phi) is 2.25. The molecule has 0 radical (unpaired) electrons. The van der Waals surface area contributed by atoms with Crippen molar-refractivity contribution >= 4 is 17.7 Å². The molecule has 0 heterocycles. The molecule has 1 fully saturated rings. The highest BCUT2D eigenvalue weighted by atomic mass is 35.5. The van der Waals surface area contributed by atoms with Crippen LogP contribution in [0.2, 0.25) is 5.02 Å². The van der Waals surface area contributed by atoms with E-state index in [1.165, 1.54) is 12.1 Å². The molecule has 78 valence electrons. The number of aliphatic imine (C=N–C) groups is 1.